The largest absolute Gasteiger partial charge is 0.346 e. The molecule has 0 spiro atoms. The highest BCUT2D eigenvalue weighted by atomic mass is 32.2. The van der Waals surface area contributed by atoms with Gasteiger partial charge in [-0.25, -0.2) is 13.4 Å². The molecular formula is C26H32N4O3S. The van der Waals surface area contributed by atoms with Crippen LogP contribution in [0.25, 0.3) is 11.0 Å². The molecule has 2 saturated heterocycles. The first-order chi connectivity index (χ1) is 16.3. The van der Waals surface area contributed by atoms with Gasteiger partial charge in [-0.1, -0.05) is 17.7 Å². The summed E-state index contributed by atoms with van der Waals surface area (Å²) in [7, 11) is -3.53. The summed E-state index contributed by atoms with van der Waals surface area (Å²) in [6, 6.07) is 9.51. The van der Waals surface area contributed by atoms with E-state index in [0.717, 1.165) is 42.7 Å². The quantitative estimate of drug-likeness (QED) is 0.612. The Kier molecular flexibility index (Phi) is 6.20. The van der Waals surface area contributed by atoms with Crippen molar-refractivity contribution in [1.82, 2.24) is 19.2 Å². The number of carbonyl (C=O) groups excluding carboxylic acids is 1. The van der Waals surface area contributed by atoms with Gasteiger partial charge in [0, 0.05) is 49.9 Å². The Morgan fingerprint density at radius 2 is 1.76 bits per heavy atom. The molecule has 0 bridgehead atoms. The smallest absolute Gasteiger partial charge is 0.243 e. The lowest BCUT2D eigenvalue weighted by Gasteiger charge is -2.37. The third-order valence-corrected chi connectivity index (χ3v) is 9.54. The normalized spacial score (nSPS) is 19.1. The molecule has 3 aromatic rings. The predicted molar refractivity (Wildman–Crippen MR) is 132 cm³/mol. The van der Waals surface area contributed by atoms with Gasteiger partial charge in [0.2, 0.25) is 15.9 Å². The fourth-order valence-electron chi connectivity index (χ4n) is 5.55. The standard InChI is InChI=1S/C26H32N4O3S/c1-18-5-6-24(19(2)16-18)34(32,33)30-14-9-21(10-15-30)26(31)29-12-7-20(8-13-29)23-17-28-25-22(23)4-3-11-27-25/h3-6,11,16-17,20-21H,7-10,12-15H2,1-2H3,(H,27,28). The molecule has 7 nitrogen and oxygen atoms in total. The van der Waals surface area contributed by atoms with E-state index in [1.54, 1.807) is 16.6 Å². The van der Waals surface area contributed by atoms with Crippen LogP contribution in [0.1, 0.15) is 48.3 Å². The van der Waals surface area contributed by atoms with Crippen molar-refractivity contribution >= 4 is 27.0 Å². The molecule has 0 radical (unpaired) electrons. The second-order valence-corrected chi connectivity index (χ2v) is 11.6. The number of H-pyrrole nitrogens is 1. The molecule has 2 aliphatic heterocycles. The van der Waals surface area contributed by atoms with Gasteiger partial charge in [-0.05, 0) is 74.8 Å². The van der Waals surface area contributed by atoms with Gasteiger partial charge in [-0.3, -0.25) is 4.79 Å². The van der Waals surface area contributed by atoms with E-state index >= 15 is 0 Å². The molecule has 1 amide bonds. The molecular weight excluding hydrogens is 448 g/mol. The van der Waals surface area contributed by atoms with Crippen molar-refractivity contribution in [3.05, 3.63) is 59.4 Å². The summed E-state index contributed by atoms with van der Waals surface area (Å²) in [6.07, 6.45) is 6.89. The summed E-state index contributed by atoms with van der Waals surface area (Å²) in [4.78, 5) is 23.2. The molecule has 4 heterocycles. The minimum Gasteiger partial charge on any atom is -0.346 e. The summed E-state index contributed by atoms with van der Waals surface area (Å²) < 4.78 is 27.9. The number of nitrogens with zero attached hydrogens (tertiary/aromatic N) is 3. The monoisotopic (exact) mass is 480 g/mol. The molecule has 2 aliphatic rings. The Labute approximate surface area is 201 Å². The lowest BCUT2D eigenvalue weighted by Crippen LogP contribution is -2.46. The molecule has 5 rings (SSSR count). The Balaban J connectivity index is 1.18. The predicted octanol–water partition coefficient (Wildman–Crippen LogP) is 3.99. The van der Waals surface area contributed by atoms with Crippen LogP contribution in [-0.4, -0.2) is 59.7 Å². The van der Waals surface area contributed by atoms with Crippen molar-refractivity contribution in [1.29, 1.82) is 0 Å². The fourth-order valence-corrected chi connectivity index (χ4v) is 7.23. The number of rotatable bonds is 4. The highest BCUT2D eigenvalue weighted by molar-refractivity contribution is 7.89. The molecule has 180 valence electrons. The molecule has 0 saturated carbocycles. The van der Waals surface area contributed by atoms with Crippen molar-refractivity contribution in [2.75, 3.05) is 26.2 Å². The van der Waals surface area contributed by atoms with Crippen LogP contribution >= 0.6 is 0 Å². The van der Waals surface area contributed by atoms with Gasteiger partial charge in [0.1, 0.15) is 5.65 Å². The first-order valence-corrected chi connectivity index (χ1v) is 13.6. The average Bonchev–Trinajstić information content (AvgIpc) is 3.28. The van der Waals surface area contributed by atoms with E-state index in [9.17, 15) is 13.2 Å². The molecule has 2 aromatic heterocycles. The van der Waals surface area contributed by atoms with Crippen LogP contribution < -0.4 is 0 Å². The van der Waals surface area contributed by atoms with Crippen molar-refractivity contribution in [3.8, 4) is 0 Å². The number of hydrogen-bond donors (Lipinski definition) is 1. The van der Waals surface area contributed by atoms with E-state index in [-0.39, 0.29) is 11.8 Å². The molecule has 2 fully saturated rings. The third-order valence-electron chi connectivity index (χ3n) is 7.48. The zero-order valence-corrected chi connectivity index (χ0v) is 20.6. The van der Waals surface area contributed by atoms with Gasteiger partial charge < -0.3 is 9.88 Å². The maximum atomic E-state index is 13.2. The molecule has 0 aliphatic carbocycles. The maximum Gasteiger partial charge on any atom is 0.243 e. The topological polar surface area (TPSA) is 86.4 Å². The highest BCUT2D eigenvalue weighted by Gasteiger charge is 2.35. The minimum atomic E-state index is -3.53. The number of aromatic nitrogens is 2. The Hall–Kier alpha value is -2.71. The third kappa shape index (κ3) is 4.25. The first kappa shape index (κ1) is 23.1. The van der Waals surface area contributed by atoms with Crippen molar-refractivity contribution in [3.63, 3.8) is 0 Å². The number of aryl methyl sites for hydroxylation is 2. The van der Waals surface area contributed by atoms with Crippen molar-refractivity contribution in [2.45, 2.75) is 50.3 Å². The summed E-state index contributed by atoms with van der Waals surface area (Å²) in [6.45, 7) is 6.08. The SMILES string of the molecule is Cc1ccc(S(=O)(=O)N2CCC(C(=O)N3CCC(c4c[nH]c5ncccc45)CC3)CC2)c(C)c1. The molecule has 0 atom stereocenters. The van der Waals surface area contributed by atoms with Gasteiger partial charge in [-0.15, -0.1) is 0 Å². The maximum absolute atomic E-state index is 13.2. The van der Waals surface area contributed by atoms with E-state index in [4.69, 9.17) is 0 Å². The number of sulfonamides is 1. The Morgan fingerprint density at radius 1 is 1.03 bits per heavy atom. The molecule has 1 aromatic carbocycles. The van der Waals surface area contributed by atoms with Crippen LogP contribution in [0, 0.1) is 19.8 Å². The van der Waals surface area contributed by atoms with Crippen molar-refractivity contribution < 1.29 is 13.2 Å². The van der Waals surface area contributed by atoms with E-state index in [1.807, 2.05) is 36.9 Å². The molecule has 1 N–H and O–H groups in total. The summed E-state index contributed by atoms with van der Waals surface area (Å²) in [5, 5.41) is 1.17. The van der Waals surface area contributed by atoms with E-state index in [2.05, 4.69) is 22.2 Å². The van der Waals surface area contributed by atoms with E-state index in [0.29, 0.717) is 36.7 Å². The number of fused-ring (bicyclic) bond motifs is 1. The van der Waals surface area contributed by atoms with Gasteiger partial charge in [0.25, 0.3) is 0 Å². The number of piperidine rings is 2. The Morgan fingerprint density at radius 3 is 2.47 bits per heavy atom. The highest BCUT2D eigenvalue weighted by Crippen LogP contribution is 2.34. The molecule has 8 heteroatoms. The number of pyridine rings is 1. The van der Waals surface area contributed by atoms with Gasteiger partial charge >= 0.3 is 0 Å². The van der Waals surface area contributed by atoms with Crippen molar-refractivity contribution in [2.24, 2.45) is 5.92 Å². The van der Waals surface area contributed by atoms with Crippen LogP contribution in [-0.2, 0) is 14.8 Å². The number of benzene rings is 1. The van der Waals surface area contributed by atoms with Crippen LogP contribution in [0.3, 0.4) is 0 Å². The fraction of sp³-hybridized carbons (Fsp3) is 0.462. The van der Waals surface area contributed by atoms with E-state index < -0.39 is 10.0 Å². The number of nitrogens with one attached hydrogen (secondary N) is 1. The number of amides is 1. The zero-order chi connectivity index (χ0) is 23.9. The lowest BCUT2D eigenvalue weighted by atomic mass is 9.88. The Bertz CT molecular complexity index is 1300. The van der Waals surface area contributed by atoms with Crippen LogP contribution in [0.2, 0.25) is 0 Å². The zero-order valence-electron chi connectivity index (χ0n) is 19.8. The minimum absolute atomic E-state index is 0.0978. The molecule has 0 unspecified atom stereocenters. The number of likely N-dealkylation sites (tertiary alicyclic amines) is 1. The molecule has 34 heavy (non-hydrogen) atoms. The van der Waals surface area contributed by atoms with Crippen LogP contribution in [0.5, 0.6) is 0 Å². The van der Waals surface area contributed by atoms with Crippen LogP contribution in [0.4, 0.5) is 0 Å². The van der Waals surface area contributed by atoms with Crippen LogP contribution in [0.15, 0.2) is 47.6 Å². The second kappa shape index (κ2) is 9.15. The number of aromatic amines is 1. The van der Waals surface area contributed by atoms with Gasteiger partial charge in [0.15, 0.2) is 0 Å². The van der Waals surface area contributed by atoms with Gasteiger partial charge in [0.05, 0.1) is 4.90 Å². The van der Waals surface area contributed by atoms with Gasteiger partial charge in [-0.2, -0.15) is 4.31 Å². The number of carbonyl (C=O) groups is 1. The number of hydrogen-bond acceptors (Lipinski definition) is 4. The average molecular weight is 481 g/mol. The summed E-state index contributed by atoms with van der Waals surface area (Å²) >= 11 is 0. The second-order valence-electron chi connectivity index (χ2n) is 9.69. The summed E-state index contributed by atoms with van der Waals surface area (Å²) in [5.41, 5.74) is 4.02. The summed E-state index contributed by atoms with van der Waals surface area (Å²) in [5.74, 6) is 0.508. The lowest BCUT2D eigenvalue weighted by molar-refractivity contribution is -0.137. The van der Waals surface area contributed by atoms with E-state index in [1.165, 1.54) is 10.9 Å². The first-order valence-electron chi connectivity index (χ1n) is 12.1.